The van der Waals surface area contributed by atoms with E-state index < -0.39 is 31.7 Å². The summed E-state index contributed by atoms with van der Waals surface area (Å²) in [5, 5.41) is 14.1. The number of ketones is 1. The van der Waals surface area contributed by atoms with Crippen molar-refractivity contribution < 1.29 is 19.1 Å². The minimum atomic E-state index is -2.47. The van der Waals surface area contributed by atoms with Crippen LogP contribution >= 0.6 is 0 Å². The molecular weight excluding hydrogens is 382 g/mol. The van der Waals surface area contributed by atoms with Gasteiger partial charge < -0.3 is 14.8 Å². The summed E-state index contributed by atoms with van der Waals surface area (Å²) >= 11 is 0. The van der Waals surface area contributed by atoms with Crippen molar-refractivity contribution in [2.75, 3.05) is 0 Å². The van der Waals surface area contributed by atoms with Crippen LogP contribution in [0.4, 0.5) is 0 Å². The van der Waals surface area contributed by atoms with Gasteiger partial charge in [0.2, 0.25) is 13.9 Å². The molecule has 1 aromatic carbocycles. The lowest BCUT2D eigenvalue weighted by Crippen LogP contribution is -2.59. The zero-order valence-electron chi connectivity index (χ0n) is 18.7. The molecule has 1 aromatic rings. The van der Waals surface area contributed by atoms with Crippen LogP contribution in [0.25, 0.3) is 6.08 Å². The van der Waals surface area contributed by atoms with E-state index in [1.165, 1.54) is 0 Å². The van der Waals surface area contributed by atoms with Gasteiger partial charge in [-0.3, -0.25) is 9.59 Å². The Bertz CT molecular complexity index is 751. The van der Waals surface area contributed by atoms with Gasteiger partial charge in [-0.05, 0) is 28.3 Å². The minimum Gasteiger partial charge on any atom is -0.404 e. The Morgan fingerprint density at radius 3 is 2.10 bits per heavy atom. The molecule has 0 saturated carbocycles. The van der Waals surface area contributed by atoms with Gasteiger partial charge in [0.1, 0.15) is 6.10 Å². The summed E-state index contributed by atoms with van der Waals surface area (Å²) in [5.74, 6) is -1.22. The number of hydrogen-bond donors (Lipinski definition) is 2. The molecule has 2 atom stereocenters. The third-order valence-corrected chi connectivity index (χ3v) is 12.2. The van der Waals surface area contributed by atoms with Crippen LogP contribution in [0, 0.1) is 0 Å². The fourth-order valence-electron chi connectivity index (χ4n) is 4.78. The van der Waals surface area contributed by atoms with Crippen LogP contribution in [0.2, 0.25) is 16.6 Å². The van der Waals surface area contributed by atoms with E-state index in [4.69, 9.17) is 4.43 Å². The van der Waals surface area contributed by atoms with Crippen molar-refractivity contribution in [3.05, 3.63) is 41.6 Å². The number of benzene rings is 1. The lowest BCUT2D eigenvalue weighted by atomic mass is 9.91. The van der Waals surface area contributed by atoms with E-state index in [0.717, 1.165) is 5.56 Å². The van der Waals surface area contributed by atoms with Crippen LogP contribution < -0.4 is 5.32 Å². The number of amides is 1. The summed E-state index contributed by atoms with van der Waals surface area (Å²) in [7, 11) is -2.47. The molecule has 1 aliphatic heterocycles. The van der Waals surface area contributed by atoms with Gasteiger partial charge in [0.15, 0.2) is 5.78 Å². The molecule has 160 valence electrons. The fourth-order valence-corrected chi connectivity index (χ4v) is 10.3. The third-order valence-electron chi connectivity index (χ3n) is 6.16. The second kappa shape index (κ2) is 8.94. The summed E-state index contributed by atoms with van der Waals surface area (Å²) in [6.45, 7) is 14.5. The van der Waals surface area contributed by atoms with Gasteiger partial charge in [-0.1, -0.05) is 78.8 Å². The largest absolute Gasteiger partial charge is 0.404 e. The molecule has 1 unspecified atom stereocenters. The zero-order chi connectivity index (χ0) is 22.0. The number of aliphatic hydroxyl groups is 1. The van der Waals surface area contributed by atoms with Crippen LogP contribution in [0.5, 0.6) is 0 Å². The lowest BCUT2D eigenvalue weighted by Gasteiger charge is -2.45. The summed E-state index contributed by atoms with van der Waals surface area (Å²) in [4.78, 5) is 25.6. The van der Waals surface area contributed by atoms with Gasteiger partial charge in [0.05, 0.1) is 5.70 Å². The fraction of sp³-hybridized carbons (Fsp3) is 0.565. The second-order valence-corrected chi connectivity index (χ2v) is 14.2. The van der Waals surface area contributed by atoms with E-state index in [1.807, 2.05) is 30.3 Å². The number of rotatable bonds is 8. The maximum atomic E-state index is 12.8. The zero-order valence-corrected chi connectivity index (χ0v) is 19.7. The molecule has 1 fully saturated rings. The Balaban J connectivity index is 2.64. The van der Waals surface area contributed by atoms with Crippen LogP contribution in [-0.4, -0.2) is 36.8 Å². The van der Waals surface area contributed by atoms with Crippen LogP contribution in [-0.2, 0) is 14.0 Å². The van der Waals surface area contributed by atoms with E-state index in [0.29, 0.717) is 5.70 Å². The molecule has 2 rings (SSSR count). The van der Waals surface area contributed by atoms with Crippen molar-refractivity contribution in [1.82, 2.24) is 5.32 Å². The van der Waals surface area contributed by atoms with Crippen LogP contribution in [0.1, 0.15) is 60.5 Å². The average Bonchev–Trinajstić information content (AvgIpc) is 2.89. The second-order valence-electron chi connectivity index (χ2n) is 8.82. The smallest absolute Gasteiger partial charge is 0.267 e. The summed E-state index contributed by atoms with van der Waals surface area (Å²) < 4.78 is 6.79. The van der Waals surface area contributed by atoms with Crippen molar-refractivity contribution in [3.8, 4) is 0 Å². The van der Waals surface area contributed by atoms with Gasteiger partial charge in [-0.2, -0.15) is 0 Å². The van der Waals surface area contributed by atoms with E-state index in [2.05, 4.69) is 46.9 Å². The van der Waals surface area contributed by atoms with Crippen molar-refractivity contribution in [2.24, 2.45) is 0 Å². The highest BCUT2D eigenvalue weighted by atomic mass is 28.4. The molecule has 1 saturated heterocycles. The lowest BCUT2D eigenvalue weighted by molar-refractivity contribution is -0.155. The summed E-state index contributed by atoms with van der Waals surface area (Å²) in [6, 6.07) is 9.53. The highest BCUT2D eigenvalue weighted by Crippen LogP contribution is 2.46. The number of hydrogen-bond acceptors (Lipinski definition) is 4. The van der Waals surface area contributed by atoms with Crippen molar-refractivity contribution in [3.63, 3.8) is 0 Å². The Hall–Kier alpha value is -1.76. The van der Waals surface area contributed by atoms with Crippen molar-refractivity contribution in [1.29, 1.82) is 0 Å². The Morgan fingerprint density at radius 2 is 1.66 bits per heavy atom. The molecule has 0 radical (unpaired) electrons. The Morgan fingerprint density at radius 1 is 1.14 bits per heavy atom. The normalized spacial score (nSPS) is 24.0. The van der Waals surface area contributed by atoms with Crippen LogP contribution in [0.3, 0.4) is 0 Å². The third kappa shape index (κ3) is 4.11. The molecule has 2 N–H and O–H groups in total. The first-order chi connectivity index (χ1) is 13.5. The SMILES string of the molecule is CCC(=O)C1(O)C(=O)N/C(=C\c2ccccc2)[C@@H]1O[Si](C(C)C)(C(C)C)C(C)C. The highest BCUT2D eigenvalue weighted by Gasteiger charge is 2.61. The predicted molar refractivity (Wildman–Crippen MR) is 119 cm³/mol. The van der Waals surface area contributed by atoms with Crippen molar-refractivity contribution >= 4 is 26.1 Å². The molecule has 0 bridgehead atoms. The minimum absolute atomic E-state index is 0.0575. The molecule has 0 aliphatic carbocycles. The number of carbonyl (C=O) groups excluding carboxylic acids is 2. The van der Waals surface area contributed by atoms with Gasteiger partial charge in [0.25, 0.3) is 5.91 Å². The van der Waals surface area contributed by atoms with E-state index in [9.17, 15) is 14.7 Å². The van der Waals surface area contributed by atoms with E-state index in [1.54, 1.807) is 13.0 Å². The molecule has 0 spiro atoms. The highest BCUT2D eigenvalue weighted by molar-refractivity contribution is 6.77. The number of nitrogens with one attached hydrogen (secondary N) is 1. The Labute approximate surface area is 175 Å². The van der Waals surface area contributed by atoms with Crippen molar-refractivity contribution in [2.45, 2.75) is 83.2 Å². The van der Waals surface area contributed by atoms with Gasteiger partial charge in [-0.25, -0.2) is 0 Å². The average molecular weight is 418 g/mol. The summed E-state index contributed by atoms with van der Waals surface area (Å²) in [6.07, 6.45) is 0.826. The van der Waals surface area contributed by atoms with Gasteiger partial charge >= 0.3 is 0 Å². The maximum absolute atomic E-state index is 12.8. The molecule has 29 heavy (non-hydrogen) atoms. The molecule has 1 heterocycles. The van der Waals surface area contributed by atoms with Crippen LogP contribution in [0.15, 0.2) is 36.0 Å². The standard InChI is InChI=1S/C23H35NO4Si/c1-8-20(25)23(27)21(28-29(15(2)3,16(4)5)17(6)7)19(24-22(23)26)14-18-12-10-9-11-13-18/h9-17,21,27H,8H2,1-7H3,(H,24,26)/b19-14-/t21-,23?/m0/s1. The van der Waals surface area contributed by atoms with Gasteiger partial charge in [0, 0.05) is 6.42 Å². The molecule has 6 heteroatoms. The molecule has 5 nitrogen and oxygen atoms in total. The first kappa shape index (κ1) is 23.5. The Kier molecular flexibility index (Phi) is 7.25. The first-order valence-electron chi connectivity index (χ1n) is 10.5. The monoisotopic (exact) mass is 417 g/mol. The number of carbonyl (C=O) groups is 2. The van der Waals surface area contributed by atoms with E-state index in [-0.39, 0.29) is 23.0 Å². The van der Waals surface area contributed by atoms with E-state index >= 15 is 0 Å². The molecule has 1 aliphatic rings. The molecule has 0 aromatic heterocycles. The quantitative estimate of drug-likeness (QED) is 0.485. The topological polar surface area (TPSA) is 75.6 Å². The first-order valence-corrected chi connectivity index (χ1v) is 12.7. The predicted octanol–water partition coefficient (Wildman–Crippen LogP) is 4.43. The summed E-state index contributed by atoms with van der Waals surface area (Å²) in [5.41, 5.74) is -0.141. The van der Waals surface area contributed by atoms with Gasteiger partial charge in [-0.15, -0.1) is 0 Å². The maximum Gasteiger partial charge on any atom is 0.267 e. The molecular formula is C23H35NO4Si. The number of Topliss-reactive ketones (excluding diaryl/α,β-unsaturated/α-hetero) is 1. The molecule has 1 amide bonds.